The summed E-state index contributed by atoms with van der Waals surface area (Å²) in [6.45, 7) is 7.44. The van der Waals surface area contributed by atoms with Gasteiger partial charge >= 0.3 is 6.09 Å². The van der Waals surface area contributed by atoms with Gasteiger partial charge in [0.1, 0.15) is 17.7 Å². The van der Waals surface area contributed by atoms with Crippen molar-refractivity contribution in [3.05, 3.63) is 108 Å². The summed E-state index contributed by atoms with van der Waals surface area (Å²) in [5, 5.41) is 36.3. The maximum Gasteiger partial charge on any atom is 0.407 e. The van der Waals surface area contributed by atoms with E-state index < -0.39 is 23.8 Å². The second-order valence-electron chi connectivity index (χ2n) is 20.9. The lowest BCUT2D eigenvalue weighted by atomic mass is 10.1. The summed E-state index contributed by atoms with van der Waals surface area (Å²) in [6.07, 6.45) is 14.1. The van der Waals surface area contributed by atoms with Gasteiger partial charge in [0.25, 0.3) is 11.8 Å². The van der Waals surface area contributed by atoms with Crippen LogP contribution in [0.25, 0.3) is 0 Å². The summed E-state index contributed by atoms with van der Waals surface area (Å²) in [7, 11) is 14.1. The standard InChI is InChI=1S/C34H47N7O5S2.C29H39N7O3S2/c1-7-20-35-32(44)29(10-8-9-21-37-33(45)46-34(2,3)4)38-30(42)19-23-47-48-24-22-36-31(43)25-11-13-26(14-12-25)39-40-27-15-17-28(18-16-27)41(5)6;1-4-18-31-29(39)26(7-5-6-17-30)33-27(37)16-20-40-41-21-19-32-28(38)22-8-10-23(11-9-22)34-35-24-12-14-25(15-13-24)36(2)3/h1,11-18,29H,8-10,19-24H2,2-6H3,(H,35,44)(H,36,43)(H,37,45)(H,38,42);1,8-15,26H,5-7,16-21,30H2,2-3H3,(H,31,39)(H,32,38)(H,33,37). The Bertz CT molecular complexity index is 2950. The average Bonchev–Trinajstić information content (AvgIpc) is 3.65. The molecule has 0 aliphatic heterocycles. The van der Waals surface area contributed by atoms with Crippen LogP contribution < -0.4 is 52.8 Å². The lowest BCUT2D eigenvalue weighted by molar-refractivity contribution is -0.128. The first-order chi connectivity index (χ1) is 42.7. The number of carbonyl (C=O) groups is 7. The third kappa shape index (κ3) is 34.0. The van der Waals surface area contributed by atoms with Crippen molar-refractivity contribution >= 4 is 119 Å². The minimum atomic E-state index is -0.724. The Morgan fingerprint density at radius 3 is 1.21 bits per heavy atom. The van der Waals surface area contributed by atoms with E-state index in [1.165, 1.54) is 10.8 Å². The van der Waals surface area contributed by atoms with E-state index in [1.54, 1.807) is 102 Å². The van der Waals surface area contributed by atoms with Gasteiger partial charge < -0.3 is 57.5 Å². The molecular formula is C63H86N14O8S4. The molecule has 0 fully saturated rings. The van der Waals surface area contributed by atoms with Crippen LogP contribution >= 0.6 is 43.2 Å². The van der Waals surface area contributed by atoms with Crippen molar-refractivity contribution in [1.82, 2.24) is 37.2 Å². The monoisotopic (exact) mass is 1290 g/mol. The van der Waals surface area contributed by atoms with Crippen molar-refractivity contribution in [3.8, 4) is 24.7 Å². The number of terminal acetylenes is 2. The fourth-order valence-electron chi connectivity index (χ4n) is 7.41. The highest BCUT2D eigenvalue weighted by molar-refractivity contribution is 8.77. The number of azo groups is 2. The van der Waals surface area contributed by atoms with Crippen molar-refractivity contribution in [2.24, 2.45) is 26.2 Å². The number of nitrogens with one attached hydrogen (secondary N) is 7. The Morgan fingerprint density at radius 1 is 0.506 bits per heavy atom. The lowest BCUT2D eigenvalue weighted by Gasteiger charge is -2.20. The third-order valence-electron chi connectivity index (χ3n) is 12.1. The number of hydrogen-bond acceptors (Lipinski definition) is 19. The molecule has 7 amide bonds. The van der Waals surface area contributed by atoms with Gasteiger partial charge in [-0.3, -0.25) is 28.8 Å². The van der Waals surface area contributed by atoms with Crippen molar-refractivity contribution < 1.29 is 38.3 Å². The molecular weight excluding hydrogens is 1210 g/mol. The van der Waals surface area contributed by atoms with E-state index in [0.29, 0.717) is 97.4 Å². The number of unbranched alkanes of at least 4 members (excludes halogenated alkanes) is 2. The van der Waals surface area contributed by atoms with Gasteiger partial charge in [-0.05, 0) is 163 Å². The summed E-state index contributed by atoms with van der Waals surface area (Å²) >= 11 is 0. The van der Waals surface area contributed by atoms with Crippen molar-refractivity contribution in [2.45, 2.75) is 89.8 Å². The lowest BCUT2D eigenvalue weighted by Crippen LogP contribution is -2.47. The van der Waals surface area contributed by atoms with E-state index in [0.717, 1.165) is 35.6 Å². The SMILES string of the molecule is C#CCNC(=O)C(CCCCN)NC(=O)CCSSCCNC(=O)c1ccc(N=Nc2ccc(N(C)C)cc2)cc1.C#CCNC(=O)C(CCCCNC(=O)OC(C)(C)C)NC(=O)CCSSCCNC(=O)c1ccc(N=Nc2ccc(N(C)C)cc2)cc1. The van der Waals surface area contributed by atoms with Gasteiger partial charge in [0, 0.05) is 106 Å². The molecule has 0 heterocycles. The molecule has 0 aliphatic rings. The maximum absolute atomic E-state index is 12.6. The number of nitrogens with zero attached hydrogens (tertiary/aromatic N) is 6. The number of carbonyl (C=O) groups excluding carboxylic acids is 7. The first-order valence-electron chi connectivity index (χ1n) is 29.0. The highest BCUT2D eigenvalue weighted by Gasteiger charge is 2.22. The fourth-order valence-corrected chi connectivity index (χ4v) is 11.2. The molecule has 4 aromatic carbocycles. The molecule has 22 nitrogen and oxygen atoms in total. The number of nitrogens with two attached hydrogens (primary N) is 1. The van der Waals surface area contributed by atoms with Crippen LogP contribution in [0.4, 0.5) is 38.9 Å². The van der Waals surface area contributed by atoms with Gasteiger partial charge in [0.15, 0.2) is 0 Å². The summed E-state index contributed by atoms with van der Waals surface area (Å²) in [5.41, 5.74) is 11.0. The van der Waals surface area contributed by atoms with Crippen molar-refractivity contribution in [3.63, 3.8) is 0 Å². The zero-order valence-electron chi connectivity index (χ0n) is 51.9. The second kappa shape index (κ2) is 43.8. The highest BCUT2D eigenvalue weighted by Crippen LogP contribution is 2.25. The van der Waals surface area contributed by atoms with Crippen LogP contribution in [0.5, 0.6) is 0 Å². The van der Waals surface area contributed by atoms with Crippen molar-refractivity contribution in [1.29, 1.82) is 0 Å². The van der Waals surface area contributed by atoms with E-state index in [4.69, 9.17) is 23.3 Å². The van der Waals surface area contributed by atoms with Crippen LogP contribution in [0, 0.1) is 24.7 Å². The number of hydrogen-bond donors (Lipinski definition) is 8. The number of anilines is 2. The van der Waals surface area contributed by atoms with E-state index in [-0.39, 0.29) is 61.4 Å². The van der Waals surface area contributed by atoms with E-state index in [2.05, 4.69) is 69.5 Å². The Morgan fingerprint density at radius 2 is 0.865 bits per heavy atom. The van der Waals surface area contributed by atoms with Gasteiger partial charge in [-0.25, -0.2) is 4.79 Å². The first-order valence-corrected chi connectivity index (χ1v) is 34.0. The molecule has 0 radical (unpaired) electrons. The number of alkyl carbamates (subject to hydrolysis) is 1. The van der Waals surface area contributed by atoms with Gasteiger partial charge in [0.05, 0.1) is 35.8 Å². The van der Waals surface area contributed by atoms with Crippen LogP contribution in [0.1, 0.15) is 92.9 Å². The van der Waals surface area contributed by atoms with Crippen LogP contribution in [0.15, 0.2) is 118 Å². The number of ether oxygens (including phenoxy) is 1. The first kappa shape index (κ1) is 75.5. The van der Waals surface area contributed by atoms with Crippen molar-refractivity contribution in [2.75, 3.05) is 100 Å². The summed E-state index contributed by atoms with van der Waals surface area (Å²) in [4.78, 5) is 90.4. The Balaban J connectivity index is 0.000000471. The summed E-state index contributed by atoms with van der Waals surface area (Å²) < 4.78 is 5.21. The summed E-state index contributed by atoms with van der Waals surface area (Å²) in [6, 6.07) is 28.0. The zero-order valence-corrected chi connectivity index (χ0v) is 55.2. The minimum Gasteiger partial charge on any atom is -0.444 e. The Labute approximate surface area is 540 Å². The Hall–Kier alpha value is -7.75. The predicted octanol–water partition coefficient (Wildman–Crippen LogP) is 9.63. The highest BCUT2D eigenvalue weighted by atomic mass is 33.1. The topological polar surface area (TPSA) is 295 Å². The van der Waals surface area contributed by atoms with Crippen LogP contribution in [0.3, 0.4) is 0 Å². The molecule has 0 aromatic heterocycles. The molecule has 0 spiro atoms. The number of benzene rings is 4. The normalized spacial score (nSPS) is 11.6. The maximum atomic E-state index is 12.6. The summed E-state index contributed by atoms with van der Waals surface area (Å²) in [5.74, 6) is 5.78. The van der Waals surface area contributed by atoms with E-state index in [9.17, 15) is 33.6 Å². The van der Waals surface area contributed by atoms with Crippen LogP contribution in [0.2, 0.25) is 0 Å². The van der Waals surface area contributed by atoms with Crippen LogP contribution in [-0.2, 0) is 23.9 Å². The quantitative estimate of drug-likeness (QED) is 0.00902. The molecule has 0 aliphatic carbocycles. The Kier molecular flexibility index (Phi) is 37.2. The molecule has 26 heteroatoms. The van der Waals surface area contributed by atoms with E-state index in [1.807, 2.05) is 86.5 Å². The van der Waals surface area contributed by atoms with Gasteiger partial charge in [0.2, 0.25) is 23.6 Å². The molecule has 0 bridgehead atoms. The smallest absolute Gasteiger partial charge is 0.407 e. The molecule has 480 valence electrons. The minimum absolute atomic E-state index is 0.0683. The fraction of sp³-hybridized carbons (Fsp3) is 0.444. The second-order valence-corrected chi connectivity index (χ2v) is 26.3. The molecule has 4 aromatic rings. The largest absolute Gasteiger partial charge is 0.444 e. The average molecular weight is 1300 g/mol. The molecule has 0 saturated heterocycles. The van der Waals surface area contributed by atoms with Gasteiger partial charge in [-0.2, -0.15) is 20.5 Å². The molecule has 2 unspecified atom stereocenters. The van der Waals surface area contributed by atoms with E-state index >= 15 is 0 Å². The molecule has 0 saturated carbocycles. The molecule has 4 rings (SSSR count). The van der Waals surface area contributed by atoms with Gasteiger partial charge in [-0.15, -0.1) is 12.8 Å². The number of amides is 7. The third-order valence-corrected chi connectivity index (χ3v) is 16.9. The predicted molar refractivity (Wildman–Crippen MR) is 365 cm³/mol. The molecule has 9 N–H and O–H groups in total. The zero-order chi connectivity index (χ0) is 65.2. The molecule has 2 atom stereocenters. The molecule has 89 heavy (non-hydrogen) atoms. The van der Waals surface area contributed by atoms with Crippen LogP contribution in [-0.4, -0.2) is 150 Å². The van der Waals surface area contributed by atoms with Gasteiger partial charge in [-0.1, -0.05) is 55.0 Å². The number of rotatable bonds is 37.